The fourth-order valence-corrected chi connectivity index (χ4v) is 8.39. The SMILES string of the molecule is CCCN(CCC)C(=O)c1sc2sc(C(=O)N[C@@H](Cc3cc(F)cc(F)c3)[C@H](O)CNCc3cccc(CC)c3)c(C)c2c1C. The van der Waals surface area contributed by atoms with Crippen LogP contribution in [0, 0.1) is 25.5 Å². The molecular weight excluding hydrogens is 613 g/mol. The third kappa shape index (κ3) is 8.55. The highest BCUT2D eigenvalue weighted by Crippen LogP contribution is 2.41. The summed E-state index contributed by atoms with van der Waals surface area (Å²) in [6.45, 7) is 12.1. The van der Waals surface area contributed by atoms with Crippen LogP contribution in [0.1, 0.15) is 80.8 Å². The number of benzene rings is 2. The van der Waals surface area contributed by atoms with Gasteiger partial charge in [0.1, 0.15) is 11.6 Å². The van der Waals surface area contributed by atoms with Crippen molar-refractivity contribution >= 4 is 43.9 Å². The number of hydrogen-bond donors (Lipinski definition) is 3. The predicted molar refractivity (Wildman–Crippen MR) is 181 cm³/mol. The molecule has 2 aromatic carbocycles. The van der Waals surface area contributed by atoms with Gasteiger partial charge < -0.3 is 20.6 Å². The van der Waals surface area contributed by atoms with E-state index in [2.05, 4.69) is 43.5 Å². The molecule has 0 unspecified atom stereocenters. The van der Waals surface area contributed by atoms with Crippen molar-refractivity contribution in [2.45, 2.75) is 79.0 Å². The maximum Gasteiger partial charge on any atom is 0.264 e. The molecule has 2 aromatic heterocycles. The average Bonchev–Trinajstić information content (AvgIpc) is 3.51. The number of amides is 2. The lowest BCUT2D eigenvalue weighted by Crippen LogP contribution is -2.48. The Bertz CT molecular complexity index is 1610. The van der Waals surface area contributed by atoms with Gasteiger partial charge in [0.15, 0.2) is 0 Å². The van der Waals surface area contributed by atoms with Crippen molar-refractivity contribution in [1.29, 1.82) is 0 Å². The lowest BCUT2D eigenvalue weighted by molar-refractivity contribution is 0.0759. The van der Waals surface area contributed by atoms with E-state index in [1.165, 1.54) is 40.4 Å². The Morgan fingerprint density at radius 1 is 0.889 bits per heavy atom. The Kier molecular flexibility index (Phi) is 12.2. The molecule has 4 aromatic rings. The van der Waals surface area contributed by atoms with Crippen molar-refractivity contribution in [2.75, 3.05) is 19.6 Å². The topological polar surface area (TPSA) is 81.7 Å². The number of aryl methyl sites for hydroxylation is 3. The van der Waals surface area contributed by atoms with E-state index in [1.54, 1.807) is 0 Å². The predicted octanol–water partition coefficient (Wildman–Crippen LogP) is 7.17. The Morgan fingerprint density at radius 3 is 2.13 bits per heavy atom. The smallest absolute Gasteiger partial charge is 0.264 e. The van der Waals surface area contributed by atoms with Gasteiger partial charge >= 0.3 is 0 Å². The second kappa shape index (κ2) is 15.9. The number of thiophene rings is 2. The van der Waals surface area contributed by atoms with Crippen molar-refractivity contribution in [3.8, 4) is 0 Å². The minimum atomic E-state index is -1.04. The molecule has 0 saturated heterocycles. The summed E-state index contributed by atoms with van der Waals surface area (Å²) in [5.41, 5.74) is 4.26. The summed E-state index contributed by atoms with van der Waals surface area (Å²) < 4.78 is 29.0. The number of aliphatic hydroxyl groups is 1. The van der Waals surface area contributed by atoms with Crippen molar-refractivity contribution in [3.63, 3.8) is 0 Å². The number of nitrogens with one attached hydrogen (secondary N) is 2. The lowest BCUT2D eigenvalue weighted by Gasteiger charge is -2.25. The second-order valence-corrected chi connectivity index (χ2v) is 13.8. The van der Waals surface area contributed by atoms with Crippen LogP contribution in [0.25, 0.3) is 9.40 Å². The molecule has 6 nitrogen and oxygen atoms in total. The monoisotopic (exact) mass is 655 g/mol. The van der Waals surface area contributed by atoms with E-state index >= 15 is 0 Å². The molecule has 2 amide bonds. The van der Waals surface area contributed by atoms with E-state index in [9.17, 15) is 23.5 Å². The van der Waals surface area contributed by atoms with Crippen LogP contribution in [0.3, 0.4) is 0 Å². The summed E-state index contributed by atoms with van der Waals surface area (Å²) in [4.78, 5) is 30.1. The molecule has 2 heterocycles. The number of rotatable bonds is 15. The van der Waals surface area contributed by atoms with Gasteiger partial charge in [-0.05, 0) is 79.5 Å². The first-order chi connectivity index (χ1) is 21.6. The van der Waals surface area contributed by atoms with Gasteiger partial charge in [-0.15, -0.1) is 22.7 Å². The zero-order valence-corrected chi connectivity index (χ0v) is 28.3. The summed E-state index contributed by atoms with van der Waals surface area (Å²) in [6, 6.07) is 10.6. The molecule has 0 spiro atoms. The lowest BCUT2D eigenvalue weighted by atomic mass is 10.00. The normalized spacial score (nSPS) is 12.8. The molecule has 242 valence electrons. The Hall–Kier alpha value is -3.18. The number of aliphatic hydroxyl groups excluding tert-OH is 1. The van der Waals surface area contributed by atoms with Crippen molar-refractivity contribution in [1.82, 2.24) is 15.5 Å². The van der Waals surface area contributed by atoms with E-state index in [0.29, 0.717) is 35.0 Å². The third-order valence-corrected chi connectivity index (χ3v) is 10.6. The van der Waals surface area contributed by atoms with Crippen molar-refractivity contribution < 1.29 is 23.5 Å². The van der Waals surface area contributed by atoms with E-state index in [4.69, 9.17) is 0 Å². The number of halogens is 2. The summed E-state index contributed by atoms with van der Waals surface area (Å²) in [5, 5.41) is 18.3. The molecule has 10 heteroatoms. The molecule has 0 fully saturated rings. The van der Waals surface area contributed by atoms with Crippen LogP contribution in [0.15, 0.2) is 42.5 Å². The Labute approximate surface area is 272 Å². The van der Waals surface area contributed by atoms with Crippen molar-refractivity contribution in [2.24, 2.45) is 0 Å². The minimum Gasteiger partial charge on any atom is -0.390 e. The molecule has 45 heavy (non-hydrogen) atoms. The molecule has 3 N–H and O–H groups in total. The first-order valence-electron chi connectivity index (χ1n) is 15.6. The molecule has 2 atom stereocenters. The van der Waals surface area contributed by atoms with Crippen molar-refractivity contribution in [3.05, 3.63) is 91.7 Å². The minimum absolute atomic E-state index is 0.0226. The number of fused-ring (bicyclic) bond motifs is 1. The van der Waals surface area contributed by atoms with Gasteiger partial charge in [-0.2, -0.15) is 0 Å². The zero-order chi connectivity index (χ0) is 32.7. The van der Waals surface area contributed by atoms with E-state index in [0.717, 1.165) is 51.4 Å². The fourth-order valence-electron chi connectivity index (χ4n) is 5.66. The van der Waals surface area contributed by atoms with Gasteiger partial charge in [0.05, 0.1) is 25.9 Å². The highest BCUT2D eigenvalue weighted by Gasteiger charge is 2.28. The van der Waals surface area contributed by atoms with E-state index in [1.807, 2.05) is 30.9 Å². The first kappa shape index (κ1) is 34.7. The van der Waals surface area contributed by atoms with Gasteiger partial charge in [0, 0.05) is 37.6 Å². The summed E-state index contributed by atoms with van der Waals surface area (Å²) >= 11 is 2.74. The van der Waals surface area contributed by atoms with Crippen LogP contribution in [-0.2, 0) is 19.4 Å². The van der Waals surface area contributed by atoms with Crippen LogP contribution in [-0.4, -0.2) is 53.6 Å². The molecule has 0 saturated carbocycles. The molecule has 4 rings (SSSR count). The van der Waals surface area contributed by atoms with Gasteiger partial charge in [0.25, 0.3) is 11.8 Å². The summed E-state index contributed by atoms with van der Waals surface area (Å²) in [5.74, 6) is -1.78. The van der Waals surface area contributed by atoms with Crippen LogP contribution in [0.5, 0.6) is 0 Å². The van der Waals surface area contributed by atoms with E-state index < -0.39 is 23.8 Å². The average molecular weight is 656 g/mol. The fraction of sp³-hybridized carbons (Fsp3) is 0.429. The first-order valence-corrected chi connectivity index (χ1v) is 17.2. The Morgan fingerprint density at radius 2 is 1.51 bits per heavy atom. The number of carbonyl (C=O) groups is 2. The highest BCUT2D eigenvalue weighted by molar-refractivity contribution is 7.40. The maximum absolute atomic E-state index is 14.0. The van der Waals surface area contributed by atoms with Gasteiger partial charge in [-0.25, -0.2) is 8.78 Å². The molecule has 0 aliphatic rings. The molecule has 0 bridgehead atoms. The Balaban J connectivity index is 1.55. The largest absolute Gasteiger partial charge is 0.390 e. The number of hydrogen-bond acceptors (Lipinski definition) is 6. The quantitative estimate of drug-likeness (QED) is 0.127. The summed E-state index contributed by atoms with van der Waals surface area (Å²) in [6.07, 6.45) is 1.68. The van der Waals surface area contributed by atoms with E-state index in [-0.39, 0.29) is 24.8 Å². The van der Waals surface area contributed by atoms with Gasteiger partial charge in [-0.1, -0.05) is 45.0 Å². The van der Waals surface area contributed by atoms with Gasteiger partial charge in [0.2, 0.25) is 0 Å². The van der Waals surface area contributed by atoms with Crippen LogP contribution in [0.2, 0.25) is 0 Å². The van der Waals surface area contributed by atoms with Crippen LogP contribution >= 0.6 is 22.7 Å². The maximum atomic E-state index is 14.0. The molecule has 0 aliphatic heterocycles. The standard InChI is InChI=1S/C35H43F2N3O3S2/c1-6-12-40(13-7-2)34(43)32-22(5)30-21(4)31(44-35(30)45-32)33(42)39-28(17-25-15-26(36)18-27(37)16-25)29(41)20-38-19-24-11-9-10-23(8-3)14-24/h9-11,14-16,18,28-29,38,41H,6-8,12-13,17,19-20H2,1-5H3,(H,39,42)/t28-,29+/m0/s1. The highest BCUT2D eigenvalue weighted by atomic mass is 32.2. The molecule has 0 aliphatic carbocycles. The molecule has 0 radical (unpaired) electrons. The zero-order valence-electron chi connectivity index (χ0n) is 26.6. The van der Waals surface area contributed by atoms with Crippen LogP contribution < -0.4 is 10.6 Å². The summed E-state index contributed by atoms with van der Waals surface area (Å²) in [7, 11) is 0. The second-order valence-electron chi connectivity index (χ2n) is 11.5. The number of carbonyl (C=O) groups excluding carboxylic acids is 2. The number of nitrogens with zero attached hydrogens (tertiary/aromatic N) is 1. The van der Waals surface area contributed by atoms with Crippen LogP contribution in [0.4, 0.5) is 8.78 Å². The third-order valence-electron chi connectivity index (χ3n) is 7.94. The van der Waals surface area contributed by atoms with Gasteiger partial charge in [-0.3, -0.25) is 9.59 Å². The molecular formula is C35H43F2N3O3S2.